The molecule has 0 amide bonds. The van der Waals surface area contributed by atoms with Gasteiger partial charge in [0.25, 0.3) is 0 Å². The van der Waals surface area contributed by atoms with Gasteiger partial charge in [0.05, 0.1) is 0 Å². The molecular weight excluding hydrogens is 198 g/mol. The molecule has 2 nitrogen and oxygen atoms in total. The maximum absolute atomic E-state index is 10.7. The monoisotopic (exact) mass is 217 g/mol. The van der Waals surface area contributed by atoms with Crippen LogP contribution in [0, 0.1) is 0 Å². The highest BCUT2D eigenvalue weighted by Crippen LogP contribution is 2.23. The molecule has 2 rings (SSSR count). The predicted molar refractivity (Wildman–Crippen MR) is 66.3 cm³/mol. The average molecular weight is 217 g/mol. The van der Waals surface area contributed by atoms with E-state index < -0.39 is 0 Å². The van der Waals surface area contributed by atoms with Gasteiger partial charge >= 0.3 is 0 Å². The molecule has 0 aromatic rings. The third-order valence-electron chi connectivity index (χ3n) is 3.50. The van der Waals surface area contributed by atoms with Crippen LogP contribution in [0.2, 0.25) is 0 Å². The molecule has 0 spiro atoms. The Hall–Kier alpha value is -1.15. The van der Waals surface area contributed by atoms with Gasteiger partial charge in [-0.15, -0.1) is 0 Å². The summed E-state index contributed by atoms with van der Waals surface area (Å²) in [7, 11) is 2.20. The lowest BCUT2D eigenvalue weighted by Gasteiger charge is -2.19. The second-order valence-corrected chi connectivity index (χ2v) is 4.65. The molecule has 1 saturated heterocycles. The summed E-state index contributed by atoms with van der Waals surface area (Å²) in [6.07, 6.45) is 13.8. The van der Waals surface area contributed by atoms with Crippen LogP contribution in [-0.4, -0.2) is 30.8 Å². The fourth-order valence-corrected chi connectivity index (χ4v) is 2.43. The zero-order valence-corrected chi connectivity index (χ0v) is 9.86. The van der Waals surface area contributed by atoms with E-state index in [2.05, 4.69) is 24.1 Å². The van der Waals surface area contributed by atoms with Crippen molar-refractivity contribution in [2.24, 2.45) is 0 Å². The minimum absolute atomic E-state index is 0.689. The summed E-state index contributed by atoms with van der Waals surface area (Å²) in [6.45, 7) is 1.22. The summed E-state index contributed by atoms with van der Waals surface area (Å²) in [5.74, 6) is 0. The molecule has 1 unspecified atom stereocenters. The van der Waals surface area contributed by atoms with Crippen LogP contribution in [0.3, 0.4) is 0 Å². The average Bonchev–Trinajstić information content (AvgIpc) is 2.56. The van der Waals surface area contributed by atoms with E-state index in [0.29, 0.717) is 6.04 Å². The highest BCUT2D eigenvalue weighted by atomic mass is 16.1. The van der Waals surface area contributed by atoms with Crippen LogP contribution in [0.1, 0.15) is 25.7 Å². The third-order valence-corrected chi connectivity index (χ3v) is 3.50. The van der Waals surface area contributed by atoms with E-state index in [1.807, 2.05) is 12.2 Å². The topological polar surface area (TPSA) is 20.3 Å². The summed E-state index contributed by atoms with van der Waals surface area (Å²) in [6, 6.07) is 0.689. The molecule has 0 radical (unpaired) electrons. The molecule has 2 heteroatoms. The molecule has 0 saturated carbocycles. The van der Waals surface area contributed by atoms with Gasteiger partial charge in [-0.2, -0.15) is 0 Å². The molecule has 86 valence electrons. The number of hydrogen-bond acceptors (Lipinski definition) is 2. The molecule has 0 N–H and O–H groups in total. The van der Waals surface area contributed by atoms with Gasteiger partial charge in [-0.1, -0.05) is 29.9 Å². The normalized spacial score (nSPS) is 26.2. The number of rotatable bonds is 3. The van der Waals surface area contributed by atoms with E-state index in [1.165, 1.54) is 25.0 Å². The number of aldehydes is 1. The Morgan fingerprint density at radius 1 is 1.44 bits per heavy atom. The molecule has 0 aromatic carbocycles. The quantitative estimate of drug-likeness (QED) is 0.677. The van der Waals surface area contributed by atoms with Gasteiger partial charge < -0.3 is 4.90 Å². The first kappa shape index (κ1) is 11.3. The minimum Gasteiger partial charge on any atom is -0.303 e. The third kappa shape index (κ3) is 2.70. The van der Waals surface area contributed by atoms with Crippen LogP contribution in [0.4, 0.5) is 0 Å². The number of hydrogen-bond donors (Lipinski definition) is 0. The van der Waals surface area contributed by atoms with Crippen molar-refractivity contribution in [3.05, 3.63) is 35.5 Å². The van der Waals surface area contributed by atoms with Crippen LogP contribution in [-0.2, 0) is 4.79 Å². The lowest BCUT2D eigenvalue weighted by atomic mass is 10.0. The van der Waals surface area contributed by atoms with Gasteiger partial charge in [-0.05, 0) is 39.3 Å². The zero-order chi connectivity index (χ0) is 11.4. The summed E-state index contributed by atoms with van der Waals surface area (Å²) in [4.78, 5) is 13.1. The largest absolute Gasteiger partial charge is 0.303 e. The Kier molecular flexibility index (Phi) is 3.73. The number of carbonyl (C=O) groups excluding carboxylic acids is 1. The SMILES string of the molecule is CN1CCCC1CC1=CCC=C(C=O)C=C1. The molecule has 1 aliphatic heterocycles. The summed E-state index contributed by atoms with van der Waals surface area (Å²) < 4.78 is 0. The number of nitrogens with zero attached hydrogens (tertiary/aromatic N) is 1. The number of likely N-dealkylation sites (tertiary alicyclic amines) is 1. The summed E-state index contributed by atoms with van der Waals surface area (Å²) >= 11 is 0. The van der Waals surface area contributed by atoms with Crippen molar-refractivity contribution in [2.75, 3.05) is 13.6 Å². The Morgan fingerprint density at radius 2 is 2.31 bits per heavy atom. The molecule has 1 atom stereocenters. The van der Waals surface area contributed by atoms with Gasteiger partial charge in [-0.25, -0.2) is 0 Å². The van der Waals surface area contributed by atoms with Crippen LogP contribution < -0.4 is 0 Å². The smallest absolute Gasteiger partial charge is 0.149 e. The van der Waals surface area contributed by atoms with Crippen molar-refractivity contribution < 1.29 is 4.79 Å². The van der Waals surface area contributed by atoms with Crippen LogP contribution in [0.25, 0.3) is 0 Å². The first-order chi connectivity index (χ1) is 7.79. The van der Waals surface area contributed by atoms with E-state index in [1.54, 1.807) is 0 Å². The second kappa shape index (κ2) is 5.26. The summed E-state index contributed by atoms with van der Waals surface area (Å²) in [5.41, 5.74) is 2.16. The van der Waals surface area contributed by atoms with Crippen LogP contribution >= 0.6 is 0 Å². The molecule has 16 heavy (non-hydrogen) atoms. The van der Waals surface area contributed by atoms with E-state index in [-0.39, 0.29) is 0 Å². The molecule has 1 fully saturated rings. The van der Waals surface area contributed by atoms with Crippen LogP contribution in [0.5, 0.6) is 0 Å². The lowest BCUT2D eigenvalue weighted by molar-refractivity contribution is -0.104. The molecule has 1 aliphatic carbocycles. The highest BCUT2D eigenvalue weighted by Gasteiger charge is 2.21. The van der Waals surface area contributed by atoms with E-state index >= 15 is 0 Å². The maximum Gasteiger partial charge on any atom is 0.149 e. The molecule has 0 aromatic heterocycles. The van der Waals surface area contributed by atoms with E-state index in [4.69, 9.17) is 0 Å². The van der Waals surface area contributed by atoms with Crippen LogP contribution in [0.15, 0.2) is 35.5 Å². The van der Waals surface area contributed by atoms with E-state index in [9.17, 15) is 4.79 Å². The van der Waals surface area contributed by atoms with E-state index in [0.717, 1.165) is 24.7 Å². The van der Waals surface area contributed by atoms with Crippen molar-refractivity contribution in [3.63, 3.8) is 0 Å². The first-order valence-electron chi connectivity index (χ1n) is 6.02. The summed E-state index contributed by atoms with van der Waals surface area (Å²) in [5, 5.41) is 0. The maximum atomic E-state index is 10.7. The van der Waals surface area contributed by atoms with Crippen molar-refractivity contribution in [1.29, 1.82) is 0 Å². The lowest BCUT2D eigenvalue weighted by Crippen LogP contribution is -2.24. The highest BCUT2D eigenvalue weighted by molar-refractivity contribution is 5.77. The first-order valence-corrected chi connectivity index (χ1v) is 6.02. The standard InChI is InChI=1S/C14H19NO/c1-15-9-3-6-14(15)10-12-4-2-5-13(11-16)8-7-12/h4-5,7-8,11,14H,2-3,6,9-10H2,1H3. The van der Waals surface area contributed by atoms with Crippen molar-refractivity contribution in [1.82, 2.24) is 4.90 Å². The van der Waals surface area contributed by atoms with Gasteiger partial charge in [0.15, 0.2) is 0 Å². The minimum atomic E-state index is 0.689. The zero-order valence-electron chi connectivity index (χ0n) is 9.86. The second-order valence-electron chi connectivity index (χ2n) is 4.65. The Labute approximate surface area is 97.3 Å². The fraction of sp³-hybridized carbons (Fsp3) is 0.500. The van der Waals surface area contributed by atoms with Gasteiger partial charge in [0.2, 0.25) is 0 Å². The van der Waals surface area contributed by atoms with Crippen molar-refractivity contribution in [2.45, 2.75) is 31.7 Å². The molecule has 0 bridgehead atoms. The predicted octanol–water partition coefficient (Wildman–Crippen LogP) is 2.48. The molecular formula is C14H19NO. The van der Waals surface area contributed by atoms with Gasteiger partial charge in [0, 0.05) is 11.6 Å². The van der Waals surface area contributed by atoms with Crippen molar-refractivity contribution >= 4 is 6.29 Å². The Morgan fingerprint density at radius 3 is 3.00 bits per heavy atom. The van der Waals surface area contributed by atoms with Gasteiger partial charge in [0.1, 0.15) is 6.29 Å². The Balaban J connectivity index is 1.96. The van der Waals surface area contributed by atoms with Crippen molar-refractivity contribution in [3.8, 4) is 0 Å². The number of allylic oxidation sites excluding steroid dienone is 5. The number of carbonyl (C=O) groups is 1. The molecule has 2 aliphatic rings. The Bertz CT molecular complexity index is 352. The molecule has 1 heterocycles. The van der Waals surface area contributed by atoms with Gasteiger partial charge in [-0.3, -0.25) is 4.79 Å². The fourth-order valence-electron chi connectivity index (χ4n) is 2.43.